The minimum atomic E-state index is 0.0789. The lowest BCUT2D eigenvalue weighted by Crippen LogP contribution is -2.18. The molecular weight excluding hydrogens is 314 g/mol. The van der Waals surface area contributed by atoms with Gasteiger partial charge in [0.05, 0.1) is 18.8 Å². The molecule has 0 bridgehead atoms. The maximum atomic E-state index is 6.37. The molecule has 1 aromatic carbocycles. The zero-order chi connectivity index (χ0) is 17.2. The van der Waals surface area contributed by atoms with Crippen molar-refractivity contribution >= 4 is 11.6 Å². The van der Waals surface area contributed by atoms with Crippen molar-refractivity contribution in [2.75, 3.05) is 19.8 Å². The summed E-state index contributed by atoms with van der Waals surface area (Å²) in [5.41, 5.74) is 1.01. The summed E-state index contributed by atoms with van der Waals surface area (Å²) in [6.45, 7) is 13.0. The third-order valence-electron chi connectivity index (χ3n) is 3.04. The van der Waals surface area contributed by atoms with Gasteiger partial charge in [-0.15, -0.1) is 0 Å². The Labute approximate surface area is 145 Å². The summed E-state index contributed by atoms with van der Waals surface area (Å²) >= 11 is 6.37. The Morgan fingerprint density at radius 1 is 1.09 bits per heavy atom. The van der Waals surface area contributed by atoms with Gasteiger partial charge >= 0.3 is 0 Å². The number of hydrogen-bond donors (Lipinski definition) is 1. The largest absolute Gasteiger partial charge is 0.490 e. The van der Waals surface area contributed by atoms with Gasteiger partial charge in [0.1, 0.15) is 0 Å². The molecule has 0 heterocycles. The highest BCUT2D eigenvalue weighted by Gasteiger charge is 2.12. The van der Waals surface area contributed by atoms with Crippen molar-refractivity contribution in [2.45, 2.75) is 59.8 Å². The Balaban J connectivity index is 2.59. The van der Waals surface area contributed by atoms with Crippen molar-refractivity contribution in [1.82, 2.24) is 5.32 Å². The van der Waals surface area contributed by atoms with E-state index in [-0.39, 0.29) is 12.2 Å². The Bertz CT molecular complexity index is 464. The van der Waals surface area contributed by atoms with E-state index in [0.29, 0.717) is 23.9 Å². The van der Waals surface area contributed by atoms with Gasteiger partial charge < -0.3 is 19.5 Å². The minimum absolute atomic E-state index is 0.0789. The predicted molar refractivity (Wildman–Crippen MR) is 95.8 cm³/mol. The van der Waals surface area contributed by atoms with E-state index in [4.69, 9.17) is 25.8 Å². The molecule has 0 saturated carbocycles. The molecule has 132 valence electrons. The van der Waals surface area contributed by atoms with Crippen molar-refractivity contribution in [3.63, 3.8) is 0 Å². The topological polar surface area (TPSA) is 39.7 Å². The van der Waals surface area contributed by atoms with Gasteiger partial charge in [0.25, 0.3) is 0 Å². The number of benzene rings is 1. The summed E-state index contributed by atoms with van der Waals surface area (Å²) in [6, 6.07) is 3.80. The van der Waals surface area contributed by atoms with Crippen molar-refractivity contribution in [3.8, 4) is 11.5 Å². The first-order valence-corrected chi connectivity index (χ1v) is 8.76. The fourth-order valence-corrected chi connectivity index (χ4v) is 2.29. The van der Waals surface area contributed by atoms with E-state index in [1.54, 1.807) is 0 Å². The summed E-state index contributed by atoms with van der Waals surface area (Å²) in [5.74, 6) is 1.44. The van der Waals surface area contributed by atoms with Gasteiger partial charge in [-0.25, -0.2) is 0 Å². The molecule has 23 heavy (non-hydrogen) atoms. The van der Waals surface area contributed by atoms with Gasteiger partial charge in [-0.3, -0.25) is 0 Å². The van der Waals surface area contributed by atoms with Crippen molar-refractivity contribution in [2.24, 2.45) is 0 Å². The predicted octanol–water partition coefficient (Wildman–Crippen LogP) is 4.43. The summed E-state index contributed by atoms with van der Waals surface area (Å²) in [5, 5.41) is 4.07. The Kier molecular flexibility index (Phi) is 9.37. The lowest BCUT2D eigenvalue weighted by Gasteiger charge is -2.17. The number of ether oxygens (including phenoxy) is 3. The average molecular weight is 344 g/mol. The molecule has 0 radical (unpaired) electrons. The summed E-state index contributed by atoms with van der Waals surface area (Å²) in [4.78, 5) is 0. The number of halogens is 1. The molecule has 0 unspecified atom stereocenters. The molecule has 0 aliphatic rings. The molecule has 0 aliphatic heterocycles. The van der Waals surface area contributed by atoms with Crippen LogP contribution in [0.3, 0.4) is 0 Å². The SMILES string of the molecule is CCOc1cc(CNCCCOC(C)C)c(Cl)cc1OC(C)C. The van der Waals surface area contributed by atoms with Gasteiger partial charge in [-0.2, -0.15) is 0 Å². The lowest BCUT2D eigenvalue weighted by atomic mass is 10.2. The summed E-state index contributed by atoms with van der Waals surface area (Å²) in [7, 11) is 0. The van der Waals surface area contributed by atoms with Gasteiger partial charge in [-0.1, -0.05) is 11.6 Å². The third kappa shape index (κ3) is 7.91. The quantitative estimate of drug-likeness (QED) is 0.603. The van der Waals surface area contributed by atoms with Crippen LogP contribution in [0, 0.1) is 0 Å². The van der Waals surface area contributed by atoms with Crippen LogP contribution >= 0.6 is 11.6 Å². The first-order chi connectivity index (χ1) is 10.9. The average Bonchev–Trinajstić information content (AvgIpc) is 2.46. The van der Waals surface area contributed by atoms with Gasteiger partial charge in [0, 0.05) is 24.2 Å². The second kappa shape index (κ2) is 10.7. The van der Waals surface area contributed by atoms with Crippen LogP contribution in [0.4, 0.5) is 0 Å². The molecule has 1 aromatic rings. The minimum Gasteiger partial charge on any atom is -0.490 e. The van der Waals surface area contributed by atoms with E-state index in [0.717, 1.165) is 30.9 Å². The second-order valence-electron chi connectivity index (χ2n) is 5.94. The molecular formula is C18H30ClNO3. The molecule has 5 heteroatoms. The molecule has 1 rings (SSSR count). The Morgan fingerprint density at radius 2 is 1.83 bits per heavy atom. The highest BCUT2D eigenvalue weighted by Crippen LogP contribution is 2.34. The maximum absolute atomic E-state index is 6.37. The standard InChI is InChI=1S/C18H30ClNO3/c1-6-21-17-10-15(12-20-8-7-9-22-13(2)3)16(19)11-18(17)23-14(4)5/h10-11,13-14,20H,6-9,12H2,1-5H3. The number of rotatable bonds is 11. The van der Waals surface area contributed by atoms with E-state index in [1.165, 1.54) is 0 Å². The Hall–Kier alpha value is -0.970. The summed E-state index contributed by atoms with van der Waals surface area (Å²) in [6.07, 6.45) is 1.34. The van der Waals surface area contributed by atoms with E-state index in [1.807, 2.05) is 46.8 Å². The lowest BCUT2D eigenvalue weighted by molar-refractivity contribution is 0.0770. The second-order valence-corrected chi connectivity index (χ2v) is 6.35. The van der Waals surface area contributed by atoms with Crippen LogP contribution < -0.4 is 14.8 Å². The molecule has 1 N–H and O–H groups in total. The fraction of sp³-hybridized carbons (Fsp3) is 0.667. The third-order valence-corrected chi connectivity index (χ3v) is 3.39. The first kappa shape index (κ1) is 20.1. The number of nitrogens with one attached hydrogen (secondary N) is 1. The van der Waals surface area contributed by atoms with Gasteiger partial charge in [0.15, 0.2) is 11.5 Å². The molecule has 0 atom stereocenters. The highest BCUT2D eigenvalue weighted by atomic mass is 35.5. The van der Waals surface area contributed by atoms with E-state index in [9.17, 15) is 0 Å². The molecule has 0 amide bonds. The smallest absolute Gasteiger partial charge is 0.163 e. The van der Waals surface area contributed by atoms with Crippen LogP contribution in [0.25, 0.3) is 0 Å². The molecule has 0 saturated heterocycles. The van der Waals surface area contributed by atoms with Crippen molar-refractivity contribution in [3.05, 3.63) is 22.7 Å². The summed E-state index contributed by atoms with van der Waals surface area (Å²) < 4.78 is 17.0. The molecule has 0 aliphatic carbocycles. The van der Waals surface area contributed by atoms with E-state index < -0.39 is 0 Å². The fourth-order valence-electron chi connectivity index (χ4n) is 2.07. The zero-order valence-corrected chi connectivity index (χ0v) is 15.7. The maximum Gasteiger partial charge on any atom is 0.163 e. The van der Waals surface area contributed by atoms with Crippen LogP contribution in [0.15, 0.2) is 12.1 Å². The monoisotopic (exact) mass is 343 g/mol. The van der Waals surface area contributed by atoms with Crippen molar-refractivity contribution in [1.29, 1.82) is 0 Å². The molecule has 0 aromatic heterocycles. The molecule has 4 nitrogen and oxygen atoms in total. The zero-order valence-electron chi connectivity index (χ0n) is 14.9. The van der Waals surface area contributed by atoms with Crippen LogP contribution in [0.2, 0.25) is 5.02 Å². The first-order valence-electron chi connectivity index (χ1n) is 8.38. The van der Waals surface area contributed by atoms with Crippen LogP contribution in [-0.4, -0.2) is 32.0 Å². The number of hydrogen-bond acceptors (Lipinski definition) is 4. The normalized spacial score (nSPS) is 11.3. The van der Waals surface area contributed by atoms with Gasteiger partial charge in [-0.05, 0) is 59.2 Å². The molecule has 0 spiro atoms. The Morgan fingerprint density at radius 3 is 2.43 bits per heavy atom. The van der Waals surface area contributed by atoms with Crippen LogP contribution in [-0.2, 0) is 11.3 Å². The van der Waals surface area contributed by atoms with Crippen molar-refractivity contribution < 1.29 is 14.2 Å². The van der Waals surface area contributed by atoms with Crippen LogP contribution in [0.1, 0.15) is 46.6 Å². The molecule has 0 fully saturated rings. The van der Waals surface area contributed by atoms with E-state index in [2.05, 4.69) is 5.32 Å². The van der Waals surface area contributed by atoms with E-state index >= 15 is 0 Å². The highest BCUT2D eigenvalue weighted by molar-refractivity contribution is 6.31. The van der Waals surface area contributed by atoms with Gasteiger partial charge in [0.2, 0.25) is 0 Å². The van der Waals surface area contributed by atoms with Crippen LogP contribution in [0.5, 0.6) is 11.5 Å².